The van der Waals surface area contributed by atoms with Gasteiger partial charge in [-0.2, -0.15) is 17.6 Å². The van der Waals surface area contributed by atoms with Crippen LogP contribution in [0.1, 0.15) is 0 Å². The molecule has 0 aliphatic carbocycles. The number of nitrogens with zero attached hydrogens (tertiary/aromatic N) is 3. The molecule has 1 aliphatic rings. The molecule has 0 unspecified atom stereocenters. The average molecular weight is 405 g/mol. The van der Waals surface area contributed by atoms with Crippen molar-refractivity contribution in [3.05, 3.63) is 24.5 Å². The Labute approximate surface area is 155 Å². The number of halogens is 4. The molecular formula is C17H23F4N3O2Si. The summed E-state index contributed by atoms with van der Waals surface area (Å²) in [6, 6.07) is 4.37. The van der Waals surface area contributed by atoms with Crippen LogP contribution in [-0.2, 0) is 16.2 Å². The third kappa shape index (κ3) is 5.20. The Morgan fingerprint density at radius 3 is 2.48 bits per heavy atom. The highest BCUT2D eigenvalue weighted by molar-refractivity contribution is 6.76. The number of anilines is 1. The van der Waals surface area contributed by atoms with E-state index >= 15 is 0 Å². The summed E-state index contributed by atoms with van der Waals surface area (Å²) in [5.74, 6) is 0. The summed E-state index contributed by atoms with van der Waals surface area (Å²) in [7, 11) is -1.17. The maximum atomic E-state index is 13.4. The Morgan fingerprint density at radius 2 is 1.85 bits per heavy atom. The third-order valence-corrected chi connectivity index (χ3v) is 5.93. The predicted octanol–water partition coefficient (Wildman–Crippen LogP) is 4.37. The van der Waals surface area contributed by atoms with Gasteiger partial charge in [-0.05, 0) is 18.2 Å². The molecule has 2 aromatic rings. The summed E-state index contributed by atoms with van der Waals surface area (Å²) in [4.78, 5) is 5.15. The molecule has 0 N–H and O–H groups in total. The van der Waals surface area contributed by atoms with Crippen LogP contribution in [0.5, 0.6) is 0 Å². The second-order valence-electron chi connectivity index (χ2n) is 7.97. The highest BCUT2D eigenvalue weighted by atomic mass is 28.3. The maximum absolute atomic E-state index is 13.4. The summed E-state index contributed by atoms with van der Waals surface area (Å²) in [6.45, 7) is 5.89. The van der Waals surface area contributed by atoms with Crippen molar-refractivity contribution in [2.75, 3.05) is 24.6 Å². The van der Waals surface area contributed by atoms with Crippen molar-refractivity contribution in [1.29, 1.82) is 0 Å². The quantitative estimate of drug-likeness (QED) is 0.406. The fraction of sp³-hybridized carbons (Fsp3) is 0.588. The van der Waals surface area contributed by atoms with Crippen LogP contribution in [-0.4, -0.2) is 49.5 Å². The van der Waals surface area contributed by atoms with Crippen LogP contribution in [0, 0.1) is 0 Å². The lowest BCUT2D eigenvalue weighted by Crippen LogP contribution is -2.55. The lowest BCUT2D eigenvalue weighted by Gasteiger charge is -2.37. The fourth-order valence-corrected chi connectivity index (χ4v) is 3.61. The van der Waals surface area contributed by atoms with Gasteiger partial charge in [0.05, 0.1) is 11.9 Å². The Bertz CT molecular complexity index is 791. The minimum Gasteiger partial charge on any atom is -0.361 e. The molecule has 0 bridgehead atoms. The number of morpholine rings is 1. The van der Waals surface area contributed by atoms with E-state index < -0.39 is 33.4 Å². The van der Waals surface area contributed by atoms with Crippen LogP contribution in [0.25, 0.3) is 11.0 Å². The minimum atomic E-state index is -3.92. The molecule has 1 saturated heterocycles. The topological polar surface area (TPSA) is 39.5 Å². The van der Waals surface area contributed by atoms with E-state index in [9.17, 15) is 17.6 Å². The lowest BCUT2D eigenvalue weighted by molar-refractivity contribution is -0.380. The van der Waals surface area contributed by atoms with Gasteiger partial charge in [-0.25, -0.2) is 4.98 Å². The van der Waals surface area contributed by atoms with Gasteiger partial charge in [-0.15, -0.1) is 0 Å². The van der Waals surface area contributed by atoms with Gasteiger partial charge in [0.25, 0.3) is 0 Å². The number of pyridine rings is 1. The molecule has 150 valence electrons. The Hall–Kier alpha value is -1.65. The third-order valence-electron chi connectivity index (χ3n) is 4.23. The molecule has 2 aromatic heterocycles. The number of fused-ring (bicyclic) bond motifs is 1. The molecule has 0 saturated carbocycles. The molecule has 0 radical (unpaired) electrons. The highest BCUT2D eigenvalue weighted by Crippen LogP contribution is 2.36. The first-order chi connectivity index (χ1) is 12.4. The zero-order valence-electron chi connectivity index (χ0n) is 15.5. The van der Waals surface area contributed by atoms with Crippen molar-refractivity contribution in [2.24, 2.45) is 0 Å². The molecule has 0 atom stereocenters. The molecule has 27 heavy (non-hydrogen) atoms. The number of rotatable bonds is 6. The minimum absolute atomic E-state index is 0.197. The smallest absolute Gasteiger partial charge is 0.361 e. The van der Waals surface area contributed by atoms with Crippen LogP contribution < -0.4 is 4.90 Å². The van der Waals surface area contributed by atoms with E-state index in [2.05, 4.69) is 29.4 Å². The molecule has 0 aromatic carbocycles. The second kappa shape index (κ2) is 7.06. The summed E-state index contributed by atoms with van der Waals surface area (Å²) < 4.78 is 64.7. The summed E-state index contributed by atoms with van der Waals surface area (Å²) >= 11 is 0. The van der Waals surface area contributed by atoms with Gasteiger partial charge in [-0.3, -0.25) is 4.74 Å². The van der Waals surface area contributed by atoms with E-state index in [1.54, 1.807) is 22.9 Å². The zero-order chi connectivity index (χ0) is 19.9. The molecule has 3 heterocycles. The normalized spacial score (nSPS) is 19.6. The fourth-order valence-electron chi connectivity index (χ4n) is 2.85. The van der Waals surface area contributed by atoms with E-state index in [0.29, 0.717) is 24.4 Å². The predicted molar refractivity (Wildman–Crippen MR) is 97.0 cm³/mol. The van der Waals surface area contributed by atoms with Crippen molar-refractivity contribution >= 4 is 24.8 Å². The molecule has 1 aliphatic heterocycles. The van der Waals surface area contributed by atoms with E-state index in [1.165, 1.54) is 6.20 Å². The van der Waals surface area contributed by atoms with Gasteiger partial charge >= 0.3 is 12.2 Å². The van der Waals surface area contributed by atoms with Gasteiger partial charge in [0, 0.05) is 26.3 Å². The molecule has 1 fully saturated rings. The Kier molecular flexibility index (Phi) is 5.26. The van der Waals surface area contributed by atoms with E-state index in [-0.39, 0.29) is 5.69 Å². The first-order valence-corrected chi connectivity index (χ1v) is 12.4. The van der Waals surface area contributed by atoms with Crippen LogP contribution >= 0.6 is 0 Å². The van der Waals surface area contributed by atoms with E-state index in [4.69, 9.17) is 4.74 Å². The highest BCUT2D eigenvalue weighted by Gasteiger charge is 2.51. The standard InChI is InChI=1S/C17H23F4N3O2Si/c1-27(2,3)7-6-25-12-23-5-4-13-8-14(9-22-15(13)23)24-10-16(18,19)26-17(20,21)11-24/h4-5,8-9H,6-7,10-12H2,1-3H3. The molecule has 0 spiro atoms. The Morgan fingerprint density at radius 1 is 1.19 bits per heavy atom. The maximum Gasteiger partial charge on any atom is 0.377 e. The van der Waals surface area contributed by atoms with Crippen molar-refractivity contribution in [3.8, 4) is 0 Å². The monoisotopic (exact) mass is 405 g/mol. The van der Waals surface area contributed by atoms with Crippen LogP contribution in [0.2, 0.25) is 25.7 Å². The first-order valence-electron chi connectivity index (χ1n) is 8.68. The van der Waals surface area contributed by atoms with Crippen LogP contribution in [0.15, 0.2) is 24.5 Å². The molecular weight excluding hydrogens is 382 g/mol. The van der Waals surface area contributed by atoms with Crippen LogP contribution in [0.3, 0.4) is 0 Å². The first kappa shape index (κ1) is 20.1. The van der Waals surface area contributed by atoms with E-state index in [1.807, 2.05) is 0 Å². The second-order valence-corrected chi connectivity index (χ2v) is 13.6. The number of ether oxygens (including phenoxy) is 2. The molecule has 0 amide bonds. The lowest BCUT2D eigenvalue weighted by atomic mass is 10.2. The van der Waals surface area contributed by atoms with Gasteiger partial charge < -0.3 is 14.2 Å². The van der Waals surface area contributed by atoms with Gasteiger partial charge in [-0.1, -0.05) is 19.6 Å². The van der Waals surface area contributed by atoms with Crippen molar-refractivity contribution in [1.82, 2.24) is 9.55 Å². The largest absolute Gasteiger partial charge is 0.377 e. The summed E-state index contributed by atoms with van der Waals surface area (Å²) in [5, 5.41) is 0.666. The zero-order valence-corrected chi connectivity index (χ0v) is 16.5. The molecule has 5 nitrogen and oxygen atoms in total. The van der Waals surface area contributed by atoms with Crippen molar-refractivity contribution in [2.45, 2.75) is 44.6 Å². The summed E-state index contributed by atoms with van der Waals surface area (Å²) in [6.07, 6.45) is -4.75. The number of hydrogen-bond acceptors (Lipinski definition) is 4. The molecule has 3 rings (SSSR count). The molecule has 10 heteroatoms. The summed E-state index contributed by atoms with van der Waals surface area (Å²) in [5.41, 5.74) is 0.807. The van der Waals surface area contributed by atoms with Gasteiger partial charge in [0.1, 0.15) is 25.5 Å². The van der Waals surface area contributed by atoms with Crippen LogP contribution in [0.4, 0.5) is 23.2 Å². The average Bonchev–Trinajstić information content (AvgIpc) is 2.90. The van der Waals surface area contributed by atoms with E-state index in [0.717, 1.165) is 10.9 Å². The number of hydrogen-bond donors (Lipinski definition) is 0. The van der Waals surface area contributed by atoms with Crippen molar-refractivity contribution in [3.63, 3.8) is 0 Å². The Balaban J connectivity index is 1.72. The SMILES string of the molecule is C[Si](C)(C)CCOCn1ccc2cc(N3CC(F)(F)OC(F)(F)C3)cnc21. The van der Waals surface area contributed by atoms with Gasteiger partial charge in [0.15, 0.2) is 0 Å². The van der Waals surface area contributed by atoms with Gasteiger partial charge in [0.2, 0.25) is 0 Å². The number of alkyl halides is 4. The van der Waals surface area contributed by atoms with Crippen molar-refractivity contribution < 1.29 is 27.0 Å². The number of aromatic nitrogens is 2.